The van der Waals surface area contributed by atoms with Crippen molar-refractivity contribution in [2.45, 2.75) is 45.8 Å². The van der Waals surface area contributed by atoms with E-state index in [4.69, 9.17) is 9.15 Å². The van der Waals surface area contributed by atoms with Gasteiger partial charge in [-0.2, -0.15) is 0 Å². The molecule has 0 bridgehead atoms. The smallest absolute Gasteiger partial charge is 0.247 e. The molecule has 2 aromatic rings. The first-order chi connectivity index (χ1) is 11.5. The quantitative estimate of drug-likeness (QED) is 0.862. The number of ether oxygens (including phenoxy) is 1. The molecular weight excluding hydrogens is 306 g/mol. The fourth-order valence-electron chi connectivity index (χ4n) is 2.78. The second kappa shape index (κ2) is 7.13. The fraction of sp³-hybridized carbons (Fsp3) is 0.500. The number of nitrogens with zero attached hydrogens (tertiary/aromatic N) is 3. The third-order valence-corrected chi connectivity index (χ3v) is 4.25. The first kappa shape index (κ1) is 16.6. The molecule has 2 atom stereocenters. The van der Waals surface area contributed by atoms with Gasteiger partial charge in [0.15, 0.2) is 0 Å². The standard InChI is InChI=1S/C18H23N3O3/c1-12-4-6-15(7-5-12)18-20-19-16(24-18)8-9-17(22)21-10-14(3)23-11-13(21)2/h4-7,13-14H,8-11H2,1-3H3. The minimum absolute atomic E-state index is 0.0849. The van der Waals surface area contributed by atoms with Crippen LogP contribution in [0.25, 0.3) is 11.5 Å². The van der Waals surface area contributed by atoms with Gasteiger partial charge >= 0.3 is 0 Å². The number of amides is 1. The highest BCUT2D eigenvalue weighted by atomic mass is 16.5. The van der Waals surface area contributed by atoms with E-state index in [1.54, 1.807) is 0 Å². The summed E-state index contributed by atoms with van der Waals surface area (Å²) >= 11 is 0. The monoisotopic (exact) mass is 329 g/mol. The molecule has 24 heavy (non-hydrogen) atoms. The van der Waals surface area contributed by atoms with Gasteiger partial charge in [-0.1, -0.05) is 17.7 Å². The zero-order valence-corrected chi connectivity index (χ0v) is 14.4. The van der Waals surface area contributed by atoms with Crippen molar-refractivity contribution >= 4 is 5.91 Å². The summed E-state index contributed by atoms with van der Waals surface area (Å²) in [5.74, 6) is 1.09. The molecule has 2 heterocycles. The van der Waals surface area contributed by atoms with E-state index in [2.05, 4.69) is 10.2 Å². The fourth-order valence-corrected chi connectivity index (χ4v) is 2.78. The summed E-state index contributed by atoms with van der Waals surface area (Å²) in [4.78, 5) is 14.3. The van der Waals surface area contributed by atoms with Crippen LogP contribution in [0.4, 0.5) is 0 Å². The van der Waals surface area contributed by atoms with Crippen molar-refractivity contribution in [2.24, 2.45) is 0 Å². The van der Waals surface area contributed by atoms with Crippen LogP contribution in [0, 0.1) is 6.92 Å². The highest BCUT2D eigenvalue weighted by Crippen LogP contribution is 2.19. The van der Waals surface area contributed by atoms with Crippen LogP contribution in [0.3, 0.4) is 0 Å². The van der Waals surface area contributed by atoms with E-state index >= 15 is 0 Å². The Kier molecular flexibility index (Phi) is 4.94. The topological polar surface area (TPSA) is 68.5 Å². The summed E-state index contributed by atoms with van der Waals surface area (Å²) in [6, 6.07) is 8.02. The van der Waals surface area contributed by atoms with Gasteiger partial charge in [0.2, 0.25) is 17.7 Å². The van der Waals surface area contributed by atoms with Gasteiger partial charge in [-0.05, 0) is 32.9 Å². The van der Waals surface area contributed by atoms with E-state index in [1.807, 2.05) is 49.9 Å². The predicted octanol–water partition coefficient (Wildman–Crippen LogP) is 2.61. The predicted molar refractivity (Wildman–Crippen MR) is 89.4 cm³/mol. The molecule has 1 aromatic carbocycles. The molecule has 6 heteroatoms. The van der Waals surface area contributed by atoms with Gasteiger partial charge < -0.3 is 14.1 Å². The summed E-state index contributed by atoms with van der Waals surface area (Å²) in [6.45, 7) is 7.25. The molecule has 1 amide bonds. The van der Waals surface area contributed by atoms with Crippen LogP contribution >= 0.6 is 0 Å². The third-order valence-electron chi connectivity index (χ3n) is 4.25. The molecule has 6 nitrogen and oxygen atoms in total. The summed E-state index contributed by atoms with van der Waals surface area (Å²) in [5, 5.41) is 8.13. The van der Waals surface area contributed by atoms with Crippen molar-refractivity contribution in [3.05, 3.63) is 35.7 Å². The van der Waals surface area contributed by atoms with Gasteiger partial charge in [0.1, 0.15) is 0 Å². The summed E-state index contributed by atoms with van der Waals surface area (Å²) in [7, 11) is 0. The van der Waals surface area contributed by atoms with Gasteiger partial charge in [-0.25, -0.2) is 0 Å². The number of benzene rings is 1. The van der Waals surface area contributed by atoms with Crippen molar-refractivity contribution in [2.75, 3.05) is 13.2 Å². The number of morpholine rings is 1. The SMILES string of the molecule is Cc1ccc(-c2nnc(CCC(=O)N3CC(C)OCC3C)o2)cc1. The second-order valence-electron chi connectivity index (χ2n) is 6.41. The zero-order chi connectivity index (χ0) is 17.1. The van der Waals surface area contributed by atoms with Crippen LogP contribution in [0.15, 0.2) is 28.7 Å². The normalized spacial score (nSPS) is 21.0. The maximum Gasteiger partial charge on any atom is 0.247 e. The number of carbonyl (C=O) groups is 1. The molecule has 0 radical (unpaired) electrons. The molecule has 1 aliphatic rings. The van der Waals surface area contributed by atoms with Crippen LogP contribution < -0.4 is 0 Å². The van der Waals surface area contributed by atoms with Crippen LogP contribution in [0.2, 0.25) is 0 Å². The van der Waals surface area contributed by atoms with Gasteiger partial charge in [0.05, 0.1) is 18.8 Å². The highest BCUT2D eigenvalue weighted by molar-refractivity contribution is 5.76. The number of aryl methyl sites for hydroxylation is 2. The van der Waals surface area contributed by atoms with Crippen molar-refractivity contribution in [1.82, 2.24) is 15.1 Å². The largest absolute Gasteiger partial charge is 0.421 e. The number of rotatable bonds is 4. The molecule has 1 fully saturated rings. The number of hydrogen-bond donors (Lipinski definition) is 0. The molecule has 2 unspecified atom stereocenters. The van der Waals surface area contributed by atoms with E-state index in [-0.39, 0.29) is 18.1 Å². The average molecular weight is 329 g/mol. The van der Waals surface area contributed by atoms with E-state index in [0.29, 0.717) is 37.8 Å². The molecule has 1 aliphatic heterocycles. The maximum atomic E-state index is 12.4. The Bertz CT molecular complexity index is 696. The van der Waals surface area contributed by atoms with Gasteiger partial charge in [0.25, 0.3) is 0 Å². The van der Waals surface area contributed by atoms with Gasteiger partial charge in [-0.3, -0.25) is 4.79 Å². The van der Waals surface area contributed by atoms with Crippen LogP contribution in [-0.2, 0) is 16.0 Å². The lowest BCUT2D eigenvalue weighted by Gasteiger charge is -2.36. The molecule has 1 saturated heterocycles. The molecule has 0 saturated carbocycles. The van der Waals surface area contributed by atoms with Crippen molar-refractivity contribution in [1.29, 1.82) is 0 Å². The Morgan fingerprint density at radius 3 is 2.75 bits per heavy atom. The average Bonchev–Trinajstić information content (AvgIpc) is 3.04. The van der Waals surface area contributed by atoms with Crippen molar-refractivity contribution in [3.63, 3.8) is 0 Å². The van der Waals surface area contributed by atoms with Crippen LogP contribution in [-0.4, -0.2) is 46.3 Å². The van der Waals surface area contributed by atoms with Crippen molar-refractivity contribution in [3.8, 4) is 11.5 Å². The molecular formula is C18H23N3O3. The molecule has 0 aliphatic carbocycles. The Morgan fingerprint density at radius 2 is 2.00 bits per heavy atom. The van der Waals surface area contributed by atoms with Crippen LogP contribution in [0.1, 0.15) is 31.7 Å². The Morgan fingerprint density at radius 1 is 1.25 bits per heavy atom. The number of hydrogen-bond acceptors (Lipinski definition) is 5. The Hall–Kier alpha value is -2.21. The molecule has 0 N–H and O–H groups in total. The lowest BCUT2D eigenvalue weighted by molar-refractivity contribution is -0.143. The van der Waals surface area contributed by atoms with Crippen LogP contribution in [0.5, 0.6) is 0 Å². The maximum absolute atomic E-state index is 12.4. The first-order valence-corrected chi connectivity index (χ1v) is 8.33. The molecule has 1 aromatic heterocycles. The summed E-state index contributed by atoms with van der Waals surface area (Å²) in [6.07, 6.45) is 0.907. The van der Waals surface area contributed by atoms with E-state index in [1.165, 1.54) is 5.56 Å². The van der Waals surface area contributed by atoms with Crippen molar-refractivity contribution < 1.29 is 13.9 Å². The highest BCUT2D eigenvalue weighted by Gasteiger charge is 2.27. The third kappa shape index (κ3) is 3.82. The lowest BCUT2D eigenvalue weighted by atomic mass is 10.1. The van der Waals surface area contributed by atoms with E-state index in [9.17, 15) is 4.79 Å². The molecule has 3 rings (SSSR count). The second-order valence-corrected chi connectivity index (χ2v) is 6.41. The first-order valence-electron chi connectivity index (χ1n) is 8.33. The minimum atomic E-state index is 0.0849. The Labute approximate surface area is 141 Å². The Balaban J connectivity index is 1.59. The zero-order valence-electron chi connectivity index (χ0n) is 14.4. The summed E-state index contributed by atoms with van der Waals surface area (Å²) in [5.41, 5.74) is 2.07. The van der Waals surface area contributed by atoms with Gasteiger partial charge in [-0.15, -0.1) is 10.2 Å². The number of aromatic nitrogens is 2. The molecule has 0 spiro atoms. The minimum Gasteiger partial charge on any atom is -0.421 e. The van der Waals surface area contributed by atoms with E-state index in [0.717, 1.165) is 5.56 Å². The summed E-state index contributed by atoms with van der Waals surface area (Å²) < 4.78 is 11.2. The van der Waals surface area contributed by atoms with Gasteiger partial charge in [0, 0.05) is 24.9 Å². The lowest BCUT2D eigenvalue weighted by Crippen LogP contribution is -2.50. The number of carbonyl (C=O) groups excluding carboxylic acids is 1. The molecule has 128 valence electrons. The van der Waals surface area contributed by atoms with E-state index < -0.39 is 0 Å².